The Balaban J connectivity index is 1.35. The first kappa shape index (κ1) is 21.8. The third kappa shape index (κ3) is 4.57. The molecule has 1 aromatic heterocycles. The molecule has 32 heavy (non-hydrogen) atoms. The van der Waals surface area contributed by atoms with Crippen LogP contribution in [0.4, 0.5) is 11.4 Å². The van der Waals surface area contributed by atoms with Crippen LogP contribution in [-0.2, 0) is 4.79 Å². The van der Waals surface area contributed by atoms with Crippen LogP contribution in [-0.4, -0.2) is 52.4 Å². The van der Waals surface area contributed by atoms with Crippen molar-refractivity contribution >= 4 is 28.3 Å². The fraction of sp³-hybridized carbons (Fsp3) is 0.391. The van der Waals surface area contributed by atoms with Gasteiger partial charge in [0.05, 0.1) is 35.7 Å². The number of H-pyrrole nitrogens is 1. The number of ether oxygens (including phenoxy) is 1. The van der Waals surface area contributed by atoms with Crippen LogP contribution in [0.3, 0.4) is 0 Å². The van der Waals surface area contributed by atoms with Crippen LogP contribution in [0.15, 0.2) is 30.3 Å². The van der Waals surface area contributed by atoms with Gasteiger partial charge in [-0.25, -0.2) is 4.98 Å². The number of methoxy groups -OCH3 is 1. The molecule has 1 saturated heterocycles. The summed E-state index contributed by atoms with van der Waals surface area (Å²) < 4.78 is 5.03. The van der Waals surface area contributed by atoms with Crippen molar-refractivity contribution in [3.05, 3.63) is 57.4 Å². The highest BCUT2D eigenvalue weighted by Crippen LogP contribution is 2.30. The standard InChI is InChI=1S/C23H27N5O4/c1-14-10-19-20(11-15(14)2)26-23(25-19)16-6-8-27(9-7-16)13-22(29)24-18-5-4-17(32-3)12-21(18)28(30)31/h4-5,10-12,16H,6-9,13H2,1-3H3,(H,24,29)(H,25,26). The first-order valence-corrected chi connectivity index (χ1v) is 10.7. The summed E-state index contributed by atoms with van der Waals surface area (Å²) >= 11 is 0. The first-order valence-electron chi connectivity index (χ1n) is 10.7. The molecule has 4 rings (SSSR count). The second-order valence-corrected chi connectivity index (χ2v) is 8.31. The molecule has 1 aliphatic rings. The van der Waals surface area contributed by atoms with E-state index in [2.05, 4.69) is 41.2 Å². The third-order valence-corrected chi connectivity index (χ3v) is 6.13. The van der Waals surface area contributed by atoms with Gasteiger partial charge in [0.25, 0.3) is 5.69 Å². The smallest absolute Gasteiger partial charge is 0.296 e. The van der Waals surface area contributed by atoms with Gasteiger partial charge >= 0.3 is 0 Å². The molecular formula is C23H27N5O4. The summed E-state index contributed by atoms with van der Waals surface area (Å²) in [6.45, 7) is 5.90. The second kappa shape index (κ2) is 8.96. The number of nitro benzene ring substituents is 1. The lowest BCUT2D eigenvalue weighted by molar-refractivity contribution is -0.384. The molecule has 0 atom stereocenters. The Morgan fingerprint density at radius 1 is 1.25 bits per heavy atom. The van der Waals surface area contributed by atoms with E-state index in [-0.39, 0.29) is 23.8 Å². The molecular weight excluding hydrogens is 410 g/mol. The molecule has 2 N–H and O–H groups in total. The van der Waals surface area contributed by atoms with Crippen LogP contribution < -0.4 is 10.1 Å². The number of imidazole rings is 1. The van der Waals surface area contributed by atoms with E-state index in [1.807, 2.05) is 0 Å². The number of aryl methyl sites for hydroxylation is 2. The van der Waals surface area contributed by atoms with E-state index in [0.29, 0.717) is 11.7 Å². The molecule has 1 aliphatic heterocycles. The highest BCUT2D eigenvalue weighted by atomic mass is 16.6. The normalized spacial score (nSPS) is 15.1. The molecule has 1 amide bonds. The summed E-state index contributed by atoms with van der Waals surface area (Å²) in [6.07, 6.45) is 1.79. The average molecular weight is 438 g/mol. The zero-order valence-electron chi connectivity index (χ0n) is 18.5. The predicted molar refractivity (Wildman–Crippen MR) is 122 cm³/mol. The number of piperidine rings is 1. The van der Waals surface area contributed by atoms with Gasteiger partial charge in [0.2, 0.25) is 5.91 Å². The average Bonchev–Trinajstić information content (AvgIpc) is 3.17. The molecule has 0 spiro atoms. The number of carbonyl (C=O) groups excluding carboxylic acids is 1. The van der Waals surface area contributed by atoms with Gasteiger partial charge in [0, 0.05) is 5.92 Å². The number of likely N-dealkylation sites (tertiary alicyclic amines) is 1. The van der Waals surface area contributed by atoms with Gasteiger partial charge in [-0.3, -0.25) is 19.8 Å². The van der Waals surface area contributed by atoms with Crippen LogP contribution >= 0.6 is 0 Å². The molecule has 0 radical (unpaired) electrons. The Bertz CT molecular complexity index is 1130. The minimum atomic E-state index is -0.528. The fourth-order valence-corrected chi connectivity index (χ4v) is 4.14. The molecule has 9 nitrogen and oxygen atoms in total. The monoisotopic (exact) mass is 437 g/mol. The quantitative estimate of drug-likeness (QED) is 0.446. The lowest BCUT2D eigenvalue weighted by Gasteiger charge is -2.30. The van der Waals surface area contributed by atoms with Crippen LogP contribution in [0.5, 0.6) is 5.75 Å². The minimum Gasteiger partial charge on any atom is -0.496 e. The Morgan fingerprint density at radius 3 is 2.66 bits per heavy atom. The maximum absolute atomic E-state index is 12.5. The molecule has 0 saturated carbocycles. The highest BCUT2D eigenvalue weighted by molar-refractivity contribution is 5.94. The summed E-state index contributed by atoms with van der Waals surface area (Å²) in [4.78, 5) is 33.6. The number of carbonyl (C=O) groups is 1. The van der Waals surface area contributed by atoms with Crippen LogP contribution in [0.2, 0.25) is 0 Å². The maximum atomic E-state index is 12.5. The summed E-state index contributed by atoms with van der Waals surface area (Å²) in [7, 11) is 1.44. The zero-order valence-corrected chi connectivity index (χ0v) is 18.5. The van der Waals surface area contributed by atoms with Crippen molar-refractivity contribution in [2.24, 2.45) is 0 Å². The van der Waals surface area contributed by atoms with Crippen molar-refractivity contribution < 1.29 is 14.5 Å². The third-order valence-electron chi connectivity index (χ3n) is 6.13. The molecule has 168 valence electrons. The Hall–Kier alpha value is -3.46. The lowest BCUT2D eigenvalue weighted by atomic mass is 9.96. The summed E-state index contributed by atoms with van der Waals surface area (Å²) in [5, 5.41) is 14.0. The Morgan fingerprint density at radius 2 is 1.97 bits per heavy atom. The number of aromatic nitrogens is 2. The van der Waals surface area contributed by atoms with E-state index < -0.39 is 4.92 Å². The van der Waals surface area contributed by atoms with Gasteiger partial charge in [-0.1, -0.05) is 0 Å². The van der Waals surface area contributed by atoms with Crippen molar-refractivity contribution in [1.82, 2.24) is 14.9 Å². The first-order chi connectivity index (χ1) is 15.3. The second-order valence-electron chi connectivity index (χ2n) is 8.31. The van der Waals surface area contributed by atoms with E-state index in [0.717, 1.165) is 42.8 Å². The number of benzene rings is 2. The Labute approximate surface area is 185 Å². The molecule has 2 aromatic carbocycles. The molecule has 0 unspecified atom stereocenters. The number of aromatic amines is 1. The van der Waals surface area contributed by atoms with Crippen LogP contribution in [0.25, 0.3) is 11.0 Å². The fourth-order valence-electron chi connectivity index (χ4n) is 4.14. The van der Waals surface area contributed by atoms with Gasteiger partial charge in [-0.2, -0.15) is 0 Å². The number of hydrogen-bond acceptors (Lipinski definition) is 6. The number of amides is 1. The van der Waals surface area contributed by atoms with E-state index >= 15 is 0 Å². The molecule has 2 heterocycles. The SMILES string of the molecule is COc1ccc(NC(=O)CN2CCC(c3nc4cc(C)c(C)cc4[nH]3)CC2)c([N+](=O)[O-])c1. The van der Waals surface area contributed by atoms with Crippen molar-refractivity contribution in [1.29, 1.82) is 0 Å². The summed E-state index contributed by atoms with van der Waals surface area (Å²) in [5.41, 5.74) is 4.51. The molecule has 9 heteroatoms. The van der Waals surface area contributed by atoms with Crippen molar-refractivity contribution in [2.45, 2.75) is 32.6 Å². The molecule has 0 bridgehead atoms. The number of nitrogens with zero attached hydrogens (tertiary/aromatic N) is 3. The van der Waals surface area contributed by atoms with Gasteiger partial charge in [0.15, 0.2) is 0 Å². The number of rotatable bonds is 6. The van der Waals surface area contributed by atoms with E-state index in [4.69, 9.17) is 9.72 Å². The topological polar surface area (TPSA) is 113 Å². The number of anilines is 1. The number of fused-ring (bicyclic) bond motifs is 1. The summed E-state index contributed by atoms with van der Waals surface area (Å²) in [5.74, 6) is 1.42. The molecule has 0 aliphatic carbocycles. The van der Waals surface area contributed by atoms with Gasteiger partial charge in [-0.15, -0.1) is 0 Å². The van der Waals surface area contributed by atoms with Crippen molar-refractivity contribution in [3.63, 3.8) is 0 Å². The Kier molecular flexibility index (Phi) is 6.09. The van der Waals surface area contributed by atoms with Crippen molar-refractivity contribution in [3.8, 4) is 5.75 Å². The van der Waals surface area contributed by atoms with E-state index in [1.54, 1.807) is 6.07 Å². The van der Waals surface area contributed by atoms with Crippen LogP contribution in [0.1, 0.15) is 35.7 Å². The highest BCUT2D eigenvalue weighted by Gasteiger charge is 2.25. The lowest BCUT2D eigenvalue weighted by Crippen LogP contribution is -2.39. The van der Waals surface area contributed by atoms with Gasteiger partial charge in [-0.05, 0) is 75.2 Å². The van der Waals surface area contributed by atoms with E-state index in [1.165, 1.54) is 30.4 Å². The maximum Gasteiger partial charge on any atom is 0.296 e. The van der Waals surface area contributed by atoms with Crippen molar-refractivity contribution in [2.75, 3.05) is 32.1 Å². The number of nitrogens with one attached hydrogen (secondary N) is 2. The molecule has 3 aromatic rings. The van der Waals surface area contributed by atoms with E-state index in [9.17, 15) is 14.9 Å². The largest absolute Gasteiger partial charge is 0.496 e. The van der Waals surface area contributed by atoms with Crippen LogP contribution in [0, 0.1) is 24.0 Å². The van der Waals surface area contributed by atoms with Gasteiger partial charge in [0.1, 0.15) is 17.3 Å². The zero-order chi connectivity index (χ0) is 22.8. The molecule has 1 fully saturated rings. The number of hydrogen-bond donors (Lipinski definition) is 2. The van der Waals surface area contributed by atoms with Gasteiger partial charge < -0.3 is 15.0 Å². The number of nitro groups is 1. The predicted octanol–water partition coefficient (Wildman–Crippen LogP) is 3.91. The minimum absolute atomic E-state index is 0.170. The summed E-state index contributed by atoms with van der Waals surface area (Å²) in [6, 6.07) is 8.63.